The van der Waals surface area contributed by atoms with Crippen LogP contribution in [-0.2, 0) is 4.79 Å². The number of thiocarbonyl (C=S) groups is 1. The molecule has 0 atom stereocenters. The minimum Gasteiger partial charge on any atom is -0.356 e. The summed E-state index contributed by atoms with van der Waals surface area (Å²) in [4.78, 5) is 35.8. The Bertz CT molecular complexity index is 1120. The minimum atomic E-state index is -0.148. The van der Waals surface area contributed by atoms with Gasteiger partial charge in [0, 0.05) is 25.8 Å². The number of thioether (sulfide) groups is 1. The number of hydrogen-bond acceptors (Lipinski definition) is 6. The highest BCUT2D eigenvalue weighted by molar-refractivity contribution is 8.26. The summed E-state index contributed by atoms with van der Waals surface area (Å²) in [6.45, 7) is 6.52. The number of hydrogen-bond donors (Lipinski definition) is 0. The molecule has 0 radical (unpaired) electrons. The van der Waals surface area contributed by atoms with Crippen LogP contribution in [0.3, 0.4) is 0 Å². The predicted molar refractivity (Wildman–Crippen MR) is 136 cm³/mol. The Morgan fingerprint density at radius 2 is 1.91 bits per heavy atom. The first kappa shape index (κ1) is 23.0. The molecule has 2 fully saturated rings. The zero-order valence-electron chi connectivity index (χ0n) is 18.8. The molecule has 2 aliphatic rings. The van der Waals surface area contributed by atoms with E-state index in [1.54, 1.807) is 21.6 Å². The number of rotatable bonds is 8. The number of unbranched alkanes of at least 4 members (excludes halogenated alkanes) is 4. The number of pyridine rings is 1. The van der Waals surface area contributed by atoms with Crippen molar-refractivity contribution in [2.75, 3.05) is 24.5 Å². The van der Waals surface area contributed by atoms with Crippen molar-refractivity contribution in [1.29, 1.82) is 0 Å². The Morgan fingerprint density at radius 3 is 2.66 bits per heavy atom. The molecule has 4 rings (SSSR count). The van der Waals surface area contributed by atoms with E-state index in [-0.39, 0.29) is 11.5 Å². The molecule has 4 heterocycles. The van der Waals surface area contributed by atoms with Crippen molar-refractivity contribution in [1.82, 2.24) is 14.3 Å². The summed E-state index contributed by atoms with van der Waals surface area (Å²) in [6, 6.07) is 3.81. The van der Waals surface area contributed by atoms with Crippen LogP contribution in [0.2, 0.25) is 0 Å². The van der Waals surface area contributed by atoms with E-state index in [0.717, 1.165) is 44.3 Å². The third kappa shape index (κ3) is 4.62. The number of carbonyl (C=O) groups is 1. The Hall–Kier alpha value is -2.19. The second-order valence-electron chi connectivity index (χ2n) is 8.48. The summed E-state index contributed by atoms with van der Waals surface area (Å²) in [5, 5.41) is 0. The van der Waals surface area contributed by atoms with Gasteiger partial charge in [0.25, 0.3) is 11.5 Å². The molecule has 6 nitrogen and oxygen atoms in total. The molecule has 0 unspecified atom stereocenters. The van der Waals surface area contributed by atoms with Crippen LogP contribution in [0.15, 0.2) is 28.0 Å². The monoisotopic (exact) mass is 470 g/mol. The lowest BCUT2D eigenvalue weighted by Crippen LogP contribution is -2.29. The van der Waals surface area contributed by atoms with Gasteiger partial charge in [-0.2, -0.15) is 0 Å². The SMILES string of the molecule is CCCCCCCN1C(=O)/C(=C\c2c(N3CCCC3)nc3c(C)cccn3c2=O)SC1=S. The first-order chi connectivity index (χ1) is 15.5. The fraction of sp³-hybridized carbons (Fsp3) is 0.500. The van der Waals surface area contributed by atoms with Crippen LogP contribution in [0.25, 0.3) is 11.7 Å². The van der Waals surface area contributed by atoms with Gasteiger partial charge in [-0.25, -0.2) is 4.98 Å². The molecule has 0 aromatic carbocycles. The van der Waals surface area contributed by atoms with Crippen molar-refractivity contribution in [3.63, 3.8) is 0 Å². The number of amides is 1. The summed E-state index contributed by atoms with van der Waals surface area (Å²) in [7, 11) is 0. The zero-order chi connectivity index (χ0) is 22.7. The molecule has 0 bridgehead atoms. The maximum atomic E-state index is 13.5. The van der Waals surface area contributed by atoms with Gasteiger partial charge < -0.3 is 4.90 Å². The summed E-state index contributed by atoms with van der Waals surface area (Å²) < 4.78 is 2.15. The minimum absolute atomic E-state index is 0.100. The van der Waals surface area contributed by atoms with Crippen LogP contribution >= 0.6 is 24.0 Å². The molecular formula is C24H30N4O2S2. The van der Waals surface area contributed by atoms with E-state index in [2.05, 4.69) is 11.8 Å². The molecule has 2 aromatic heterocycles. The molecular weight excluding hydrogens is 440 g/mol. The average molecular weight is 471 g/mol. The molecule has 0 saturated carbocycles. The summed E-state index contributed by atoms with van der Waals surface area (Å²) >= 11 is 6.78. The first-order valence-corrected chi connectivity index (χ1v) is 12.8. The van der Waals surface area contributed by atoms with Gasteiger partial charge in [-0.3, -0.25) is 18.9 Å². The topological polar surface area (TPSA) is 57.9 Å². The molecule has 1 amide bonds. The molecule has 2 aromatic rings. The molecule has 2 saturated heterocycles. The van der Waals surface area contributed by atoms with Crippen molar-refractivity contribution in [3.05, 3.63) is 44.7 Å². The summed E-state index contributed by atoms with van der Waals surface area (Å²) in [5.41, 5.74) is 1.94. The Balaban J connectivity index is 1.68. The number of carbonyl (C=O) groups excluding carboxylic acids is 1. The zero-order valence-corrected chi connectivity index (χ0v) is 20.4. The van der Waals surface area contributed by atoms with Gasteiger partial charge in [0.2, 0.25) is 0 Å². The van der Waals surface area contributed by atoms with Crippen molar-refractivity contribution in [2.24, 2.45) is 0 Å². The van der Waals surface area contributed by atoms with Crippen LogP contribution in [0.5, 0.6) is 0 Å². The van der Waals surface area contributed by atoms with Gasteiger partial charge in [-0.15, -0.1) is 0 Å². The second kappa shape index (κ2) is 10.2. The number of aryl methyl sites for hydroxylation is 1. The fourth-order valence-electron chi connectivity index (χ4n) is 4.29. The highest BCUT2D eigenvalue weighted by atomic mass is 32.2. The Morgan fingerprint density at radius 1 is 1.16 bits per heavy atom. The lowest BCUT2D eigenvalue weighted by Gasteiger charge is -2.20. The van der Waals surface area contributed by atoms with Gasteiger partial charge in [-0.1, -0.05) is 62.7 Å². The van der Waals surface area contributed by atoms with Gasteiger partial charge in [0.15, 0.2) is 0 Å². The highest BCUT2D eigenvalue weighted by Gasteiger charge is 2.32. The molecule has 32 heavy (non-hydrogen) atoms. The summed E-state index contributed by atoms with van der Waals surface area (Å²) in [5.74, 6) is 0.572. The van der Waals surface area contributed by atoms with Crippen molar-refractivity contribution in [3.8, 4) is 0 Å². The molecule has 0 spiro atoms. The van der Waals surface area contributed by atoms with Crippen LogP contribution in [-0.4, -0.2) is 44.1 Å². The maximum absolute atomic E-state index is 13.5. The van der Waals surface area contributed by atoms with E-state index in [9.17, 15) is 9.59 Å². The molecule has 2 aliphatic heterocycles. The summed E-state index contributed by atoms with van der Waals surface area (Å²) in [6.07, 6.45) is 11.2. The van der Waals surface area contributed by atoms with Gasteiger partial charge in [0.05, 0.1) is 10.5 Å². The third-order valence-corrected chi connectivity index (χ3v) is 7.48. The Kier molecular flexibility index (Phi) is 7.30. The van der Waals surface area contributed by atoms with Crippen LogP contribution in [0, 0.1) is 6.92 Å². The van der Waals surface area contributed by atoms with Gasteiger partial charge >= 0.3 is 0 Å². The standard InChI is InChI=1S/C24H30N4O2S2/c1-3-4-5-6-7-14-28-23(30)19(32-24(28)31)16-18-21(26-12-8-9-13-26)25-20-17(2)11-10-15-27(20)22(18)29/h10-11,15-16H,3-9,12-14H2,1-2H3/b19-16+. The van der Waals surface area contributed by atoms with Crippen LogP contribution < -0.4 is 10.5 Å². The normalized spacial score (nSPS) is 18.0. The van der Waals surface area contributed by atoms with E-state index in [0.29, 0.717) is 32.8 Å². The Labute approximate surface area is 198 Å². The van der Waals surface area contributed by atoms with Crippen LogP contribution in [0.1, 0.15) is 63.0 Å². The lowest BCUT2D eigenvalue weighted by atomic mass is 10.1. The lowest BCUT2D eigenvalue weighted by molar-refractivity contribution is -0.122. The van der Waals surface area contributed by atoms with E-state index in [4.69, 9.17) is 17.2 Å². The van der Waals surface area contributed by atoms with E-state index in [1.165, 1.54) is 31.0 Å². The molecule has 170 valence electrons. The first-order valence-electron chi connectivity index (χ1n) is 11.5. The predicted octanol–water partition coefficient (Wildman–Crippen LogP) is 4.77. The average Bonchev–Trinajstić information content (AvgIpc) is 3.40. The fourth-order valence-corrected chi connectivity index (χ4v) is 5.58. The quantitative estimate of drug-likeness (QED) is 0.315. The highest BCUT2D eigenvalue weighted by Crippen LogP contribution is 2.34. The maximum Gasteiger partial charge on any atom is 0.267 e. The number of fused-ring (bicyclic) bond motifs is 1. The van der Waals surface area contributed by atoms with Gasteiger partial charge in [0.1, 0.15) is 15.8 Å². The van der Waals surface area contributed by atoms with E-state index >= 15 is 0 Å². The van der Waals surface area contributed by atoms with E-state index < -0.39 is 0 Å². The van der Waals surface area contributed by atoms with Crippen molar-refractivity contribution >= 4 is 51.7 Å². The molecule has 8 heteroatoms. The molecule has 0 aliphatic carbocycles. The smallest absolute Gasteiger partial charge is 0.267 e. The number of nitrogens with zero attached hydrogens (tertiary/aromatic N) is 4. The molecule has 0 N–H and O–H groups in total. The van der Waals surface area contributed by atoms with Crippen LogP contribution in [0.4, 0.5) is 5.82 Å². The number of anilines is 1. The largest absolute Gasteiger partial charge is 0.356 e. The van der Waals surface area contributed by atoms with Crippen molar-refractivity contribution < 1.29 is 4.79 Å². The van der Waals surface area contributed by atoms with Gasteiger partial charge in [-0.05, 0) is 43.9 Å². The number of aromatic nitrogens is 2. The third-order valence-electron chi connectivity index (χ3n) is 6.10. The second-order valence-corrected chi connectivity index (χ2v) is 10.2. The van der Waals surface area contributed by atoms with E-state index in [1.807, 2.05) is 19.1 Å². The van der Waals surface area contributed by atoms with Crippen molar-refractivity contribution in [2.45, 2.75) is 58.8 Å².